The van der Waals surface area contributed by atoms with E-state index in [4.69, 9.17) is 9.47 Å². The van der Waals surface area contributed by atoms with Crippen molar-refractivity contribution in [3.05, 3.63) is 0 Å². The molecule has 4 fully saturated rings. The maximum Gasteiger partial charge on any atom is 0.191 e. The summed E-state index contributed by atoms with van der Waals surface area (Å²) in [7, 11) is 1.89. The van der Waals surface area contributed by atoms with Gasteiger partial charge >= 0.3 is 0 Å². The van der Waals surface area contributed by atoms with Crippen LogP contribution < -0.4 is 10.6 Å². The predicted molar refractivity (Wildman–Crippen MR) is 104 cm³/mol. The number of hydrogen-bond acceptors (Lipinski definition) is 3. The molecule has 0 aromatic carbocycles. The van der Waals surface area contributed by atoms with Crippen LogP contribution in [0.25, 0.3) is 0 Å². The van der Waals surface area contributed by atoms with Crippen LogP contribution in [0.3, 0.4) is 0 Å². The molecule has 148 valence electrons. The zero-order chi connectivity index (χ0) is 17.8. The molecule has 0 aromatic rings. The van der Waals surface area contributed by atoms with Crippen molar-refractivity contribution in [3.63, 3.8) is 0 Å². The monoisotopic (exact) mass is 363 g/mol. The summed E-state index contributed by atoms with van der Waals surface area (Å²) in [6.07, 6.45) is 15.2. The summed E-state index contributed by atoms with van der Waals surface area (Å²) in [5, 5.41) is 7.28. The van der Waals surface area contributed by atoms with Gasteiger partial charge in [0.05, 0.1) is 12.2 Å². The number of guanidine groups is 1. The Labute approximate surface area is 158 Å². The molecule has 5 nitrogen and oxygen atoms in total. The first-order chi connectivity index (χ1) is 12.8. The molecule has 2 N–H and O–H groups in total. The van der Waals surface area contributed by atoms with Gasteiger partial charge in [-0.15, -0.1) is 0 Å². The first-order valence-corrected chi connectivity index (χ1v) is 11.0. The molecule has 0 bridgehead atoms. The minimum atomic E-state index is 0.378. The highest BCUT2D eigenvalue weighted by Gasteiger charge is 2.65. The zero-order valence-electron chi connectivity index (χ0n) is 16.5. The first-order valence-electron chi connectivity index (χ1n) is 11.0. The SMILES string of the molecule is CN=C(NCCCOC1CCCCC1)NC1C2CCOC2C12CCCC2. The van der Waals surface area contributed by atoms with Gasteiger partial charge in [-0.25, -0.2) is 0 Å². The van der Waals surface area contributed by atoms with E-state index in [2.05, 4.69) is 15.6 Å². The van der Waals surface area contributed by atoms with E-state index in [0.717, 1.165) is 32.1 Å². The highest BCUT2D eigenvalue weighted by Crippen LogP contribution is 2.60. The van der Waals surface area contributed by atoms with Gasteiger partial charge < -0.3 is 20.1 Å². The molecule has 3 unspecified atom stereocenters. The van der Waals surface area contributed by atoms with E-state index < -0.39 is 0 Å². The van der Waals surface area contributed by atoms with Crippen LogP contribution >= 0.6 is 0 Å². The fraction of sp³-hybridized carbons (Fsp3) is 0.952. The van der Waals surface area contributed by atoms with E-state index in [1.807, 2.05) is 7.05 Å². The average molecular weight is 364 g/mol. The number of nitrogens with zero attached hydrogens (tertiary/aromatic N) is 1. The quantitative estimate of drug-likeness (QED) is 0.432. The number of hydrogen-bond donors (Lipinski definition) is 2. The standard InChI is InChI=1S/C21H37N3O2/c1-22-20(23-13-7-14-25-16-8-3-2-4-9-16)24-18-17-10-15-26-19(17)21(18)11-5-6-12-21/h16-19H,2-15H2,1H3,(H2,22,23,24). The molecule has 0 radical (unpaired) electrons. The molecule has 4 rings (SSSR count). The van der Waals surface area contributed by atoms with Crippen molar-refractivity contribution in [1.82, 2.24) is 10.6 Å². The van der Waals surface area contributed by atoms with Crippen molar-refractivity contribution in [3.8, 4) is 0 Å². The fourth-order valence-corrected chi connectivity index (χ4v) is 6.01. The predicted octanol–water partition coefficient (Wildman–Crippen LogP) is 3.24. The van der Waals surface area contributed by atoms with E-state index >= 15 is 0 Å². The lowest BCUT2D eigenvalue weighted by Gasteiger charge is -2.57. The lowest BCUT2D eigenvalue weighted by atomic mass is 9.54. The van der Waals surface area contributed by atoms with Crippen LogP contribution in [0.15, 0.2) is 4.99 Å². The minimum absolute atomic E-state index is 0.378. The smallest absolute Gasteiger partial charge is 0.191 e. The van der Waals surface area contributed by atoms with Gasteiger partial charge in [-0.1, -0.05) is 32.1 Å². The van der Waals surface area contributed by atoms with Crippen LogP contribution in [0, 0.1) is 11.3 Å². The molecular weight excluding hydrogens is 326 g/mol. The number of fused-ring (bicyclic) bond motifs is 2. The van der Waals surface area contributed by atoms with Gasteiger partial charge in [-0.3, -0.25) is 4.99 Å². The number of nitrogens with one attached hydrogen (secondary N) is 2. The van der Waals surface area contributed by atoms with Crippen molar-refractivity contribution < 1.29 is 9.47 Å². The van der Waals surface area contributed by atoms with Crippen molar-refractivity contribution >= 4 is 5.96 Å². The lowest BCUT2D eigenvalue weighted by Crippen LogP contribution is -2.69. The van der Waals surface area contributed by atoms with Crippen molar-refractivity contribution in [2.75, 3.05) is 26.8 Å². The second kappa shape index (κ2) is 8.47. The largest absolute Gasteiger partial charge is 0.378 e. The van der Waals surface area contributed by atoms with E-state index in [1.54, 1.807) is 0 Å². The van der Waals surface area contributed by atoms with Gasteiger partial charge in [0, 0.05) is 44.2 Å². The maximum absolute atomic E-state index is 6.09. The Morgan fingerprint density at radius 3 is 2.69 bits per heavy atom. The van der Waals surface area contributed by atoms with Gasteiger partial charge in [0.25, 0.3) is 0 Å². The third-order valence-electron chi connectivity index (χ3n) is 7.32. The number of rotatable bonds is 6. The zero-order valence-corrected chi connectivity index (χ0v) is 16.5. The van der Waals surface area contributed by atoms with Gasteiger partial charge in [-0.05, 0) is 38.5 Å². The number of aliphatic imine (C=N–C) groups is 1. The van der Waals surface area contributed by atoms with Crippen LogP contribution in [0.2, 0.25) is 0 Å². The van der Waals surface area contributed by atoms with Gasteiger partial charge in [0.1, 0.15) is 0 Å². The average Bonchev–Trinajstić information content (AvgIpc) is 3.33. The van der Waals surface area contributed by atoms with E-state index in [0.29, 0.717) is 29.6 Å². The van der Waals surface area contributed by atoms with Crippen molar-refractivity contribution in [1.29, 1.82) is 0 Å². The summed E-state index contributed by atoms with van der Waals surface area (Å²) in [5.74, 6) is 1.64. The molecule has 1 spiro atoms. The van der Waals surface area contributed by atoms with Crippen molar-refractivity contribution in [2.24, 2.45) is 16.3 Å². The van der Waals surface area contributed by atoms with Crippen LogP contribution in [0.4, 0.5) is 0 Å². The Bertz CT molecular complexity index is 484. The Hall–Kier alpha value is -0.810. The Balaban J connectivity index is 1.19. The highest BCUT2D eigenvalue weighted by molar-refractivity contribution is 5.80. The Kier molecular flexibility index (Phi) is 6.04. The maximum atomic E-state index is 6.09. The molecule has 1 aliphatic heterocycles. The summed E-state index contributed by atoms with van der Waals surface area (Å²) in [5.41, 5.74) is 0.378. The van der Waals surface area contributed by atoms with E-state index in [-0.39, 0.29) is 0 Å². The Morgan fingerprint density at radius 1 is 1.12 bits per heavy atom. The third-order valence-corrected chi connectivity index (χ3v) is 7.32. The summed E-state index contributed by atoms with van der Waals surface area (Å²) in [6, 6.07) is 0.544. The molecule has 1 saturated heterocycles. The van der Waals surface area contributed by atoms with Crippen LogP contribution in [0.5, 0.6) is 0 Å². The molecule has 4 aliphatic rings. The summed E-state index contributed by atoms with van der Waals surface area (Å²) in [6.45, 7) is 2.73. The van der Waals surface area contributed by atoms with Gasteiger partial charge in [-0.2, -0.15) is 0 Å². The minimum Gasteiger partial charge on any atom is -0.378 e. The third kappa shape index (κ3) is 3.62. The summed E-state index contributed by atoms with van der Waals surface area (Å²) in [4.78, 5) is 4.48. The fourth-order valence-electron chi connectivity index (χ4n) is 6.01. The lowest BCUT2D eigenvalue weighted by molar-refractivity contribution is -0.125. The molecule has 26 heavy (non-hydrogen) atoms. The van der Waals surface area contributed by atoms with E-state index in [1.165, 1.54) is 64.2 Å². The molecule has 3 saturated carbocycles. The molecule has 1 heterocycles. The molecule has 0 aromatic heterocycles. The Morgan fingerprint density at radius 2 is 1.92 bits per heavy atom. The second-order valence-electron chi connectivity index (χ2n) is 8.79. The first kappa shape index (κ1) is 18.5. The summed E-state index contributed by atoms with van der Waals surface area (Å²) < 4.78 is 12.1. The van der Waals surface area contributed by atoms with Crippen LogP contribution in [-0.4, -0.2) is 51.0 Å². The second-order valence-corrected chi connectivity index (χ2v) is 8.79. The normalized spacial score (nSPS) is 33.9. The molecule has 3 aliphatic carbocycles. The molecule has 5 heteroatoms. The number of ether oxygens (including phenoxy) is 2. The molecule has 0 amide bonds. The summed E-state index contributed by atoms with van der Waals surface area (Å²) >= 11 is 0. The molecular formula is C21H37N3O2. The van der Waals surface area contributed by atoms with Gasteiger partial charge in [0.2, 0.25) is 0 Å². The van der Waals surface area contributed by atoms with Crippen LogP contribution in [0.1, 0.15) is 70.6 Å². The van der Waals surface area contributed by atoms with Crippen LogP contribution in [-0.2, 0) is 9.47 Å². The highest BCUT2D eigenvalue weighted by atomic mass is 16.5. The molecule has 3 atom stereocenters. The topological polar surface area (TPSA) is 54.9 Å². The van der Waals surface area contributed by atoms with E-state index in [9.17, 15) is 0 Å². The van der Waals surface area contributed by atoms with Gasteiger partial charge in [0.15, 0.2) is 5.96 Å². The van der Waals surface area contributed by atoms with Crippen molar-refractivity contribution in [2.45, 2.75) is 88.9 Å².